The molecule has 6 amide bonds. The number of likely N-dealkylation sites (tertiary alicyclic amines) is 3. The molecule has 13 rings (SSSR count). The van der Waals surface area contributed by atoms with Gasteiger partial charge in [-0.1, -0.05) is 41.0 Å². The number of benzene rings is 3. The smallest absolute Gasteiger partial charge is 0.343 e. The molecule has 6 aliphatic rings. The van der Waals surface area contributed by atoms with Gasteiger partial charge in [0, 0.05) is 123 Å². The highest BCUT2D eigenvalue weighted by Gasteiger charge is 2.39. The van der Waals surface area contributed by atoms with Crippen molar-refractivity contribution in [2.24, 2.45) is 5.73 Å². The molecule has 7 heterocycles. The zero-order valence-corrected chi connectivity index (χ0v) is 60.4. The average molecular weight is 1390 g/mol. The number of rotatable bonds is 17. The van der Waals surface area contributed by atoms with Gasteiger partial charge in [0.15, 0.2) is 17.5 Å². The molecule has 27 nitrogen and oxygen atoms in total. The second kappa shape index (κ2) is 32.5. The molecule has 10 N–H and O–H groups in total. The van der Waals surface area contributed by atoms with Crippen LogP contribution in [-0.4, -0.2) is 204 Å². The summed E-state index contributed by atoms with van der Waals surface area (Å²) < 4.78 is 3.86. The van der Waals surface area contributed by atoms with E-state index >= 15 is 0 Å². The first kappa shape index (κ1) is 73.5. The van der Waals surface area contributed by atoms with E-state index in [0.717, 1.165) is 134 Å². The van der Waals surface area contributed by atoms with Gasteiger partial charge in [0.05, 0.1) is 54.3 Å². The van der Waals surface area contributed by atoms with Crippen molar-refractivity contribution in [2.75, 3.05) is 74.9 Å². The number of nitrogens with two attached hydrogens (primary N) is 1. The maximum atomic E-state index is 12.8. The number of primary amides is 1. The van der Waals surface area contributed by atoms with Gasteiger partial charge in [0.25, 0.3) is 0 Å². The predicted molar refractivity (Wildman–Crippen MR) is 396 cm³/mol. The van der Waals surface area contributed by atoms with Crippen molar-refractivity contribution in [3.63, 3.8) is 0 Å². The van der Waals surface area contributed by atoms with E-state index in [1.54, 1.807) is 6.07 Å². The number of fused-ring (bicyclic) bond motifs is 3. The minimum absolute atomic E-state index is 0.00282. The number of anilines is 3. The van der Waals surface area contributed by atoms with Crippen molar-refractivity contribution in [1.29, 1.82) is 0 Å². The van der Waals surface area contributed by atoms with Crippen molar-refractivity contribution in [2.45, 2.75) is 205 Å². The Morgan fingerprint density at radius 2 is 0.873 bits per heavy atom. The zero-order valence-electron chi connectivity index (χ0n) is 60.4. The summed E-state index contributed by atoms with van der Waals surface area (Å²) in [6.07, 6.45) is 15.1. The van der Waals surface area contributed by atoms with Crippen molar-refractivity contribution in [3.05, 3.63) is 124 Å². The molecule has 3 aromatic carbocycles. The molecule has 4 aromatic heterocycles. The Balaban J connectivity index is 0.000000155. The van der Waals surface area contributed by atoms with Gasteiger partial charge in [-0.15, -0.1) is 15.3 Å². The SMILES string of the molecule is Cc1ccc2c(c1)c(NCC(=O)NC1CN(C3CCC(c4ccc(C)nc4)CC3)C1)nn2C(=O)NC(C)C.[C-]#[N+]C1CCC(N2CC(NC(=O)CNc3nn(C(=O)NC(C)(C)C)c4ccc(C)cc34)C2)CC1.[C-]#[N+]C1CCC(N2CC(NC(=O)CNc3nn(C(N)=O)c4ccc(C)cc34)C2)CC1. The minimum Gasteiger partial charge on any atom is -0.359 e. The lowest BCUT2D eigenvalue weighted by atomic mass is 9.81. The van der Waals surface area contributed by atoms with Crippen LogP contribution in [0, 0.1) is 40.8 Å². The maximum absolute atomic E-state index is 12.8. The summed E-state index contributed by atoms with van der Waals surface area (Å²) in [7, 11) is 0. The van der Waals surface area contributed by atoms with E-state index in [0.29, 0.717) is 58.0 Å². The van der Waals surface area contributed by atoms with Crippen LogP contribution in [0.15, 0.2) is 72.9 Å². The molecule has 0 spiro atoms. The molecule has 3 saturated heterocycles. The van der Waals surface area contributed by atoms with Gasteiger partial charge in [-0.25, -0.2) is 27.5 Å². The number of carbonyl (C=O) groups is 6. The van der Waals surface area contributed by atoms with Crippen LogP contribution in [0.3, 0.4) is 0 Å². The number of amides is 6. The molecule has 6 fully saturated rings. The number of nitrogens with zero attached hydrogens (tertiary/aromatic N) is 12. The highest BCUT2D eigenvalue weighted by atomic mass is 16.2. The van der Waals surface area contributed by atoms with Crippen LogP contribution in [0.2, 0.25) is 0 Å². The van der Waals surface area contributed by atoms with Crippen LogP contribution in [0.1, 0.15) is 146 Å². The van der Waals surface area contributed by atoms with E-state index in [1.807, 2.05) is 117 Å². The molecule has 0 unspecified atom stereocenters. The summed E-state index contributed by atoms with van der Waals surface area (Å²) in [5.41, 5.74) is 12.6. The van der Waals surface area contributed by atoms with E-state index < -0.39 is 6.03 Å². The summed E-state index contributed by atoms with van der Waals surface area (Å²) in [4.78, 5) is 93.8. The van der Waals surface area contributed by atoms with E-state index in [4.69, 9.17) is 18.9 Å². The number of aromatic nitrogens is 7. The molecule has 3 aliphatic heterocycles. The van der Waals surface area contributed by atoms with Gasteiger partial charge < -0.3 is 58.0 Å². The molecule has 27 heteroatoms. The van der Waals surface area contributed by atoms with Crippen molar-refractivity contribution >= 4 is 86.0 Å². The molecule has 0 radical (unpaired) electrons. The molecular weight excluding hydrogens is 1290 g/mol. The number of nitrogens with one attached hydrogen (secondary N) is 8. The monoisotopic (exact) mass is 1390 g/mol. The maximum Gasteiger partial charge on any atom is 0.343 e. The quantitative estimate of drug-likeness (QED) is 0.0385. The Hall–Kier alpha value is -9.70. The highest BCUT2D eigenvalue weighted by molar-refractivity contribution is 6.00. The summed E-state index contributed by atoms with van der Waals surface area (Å²) in [5.74, 6) is 1.88. The Labute approximate surface area is 597 Å². The molecule has 3 saturated carbocycles. The van der Waals surface area contributed by atoms with Crippen LogP contribution in [0.5, 0.6) is 0 Å². The van der Waals surface area contributed by atoms with Crippen LogP contribution in [0.4, 0.5) is 31.8 Å². The third-order valence-corrected chi connectivity index (χ3v) is 20.4. The van der Waals surface area contributed by atoms with Crippen LogP contribution in [0.25, 0.3) is 42.4 Å². The van der Waals surface area contributed by atoms with Crippen LogP contribution >= 0.6 is 0 Å². The lowest BCUT2D eigenvalue weighted by Crippen LogP contribution is -2.63. The number of pyridine rings is 1. The molecule has 542 valence electrons. The Bertz CT molecular complexity index is 4230. The number of carbonyl (C=O) groups excluding carboxylic acids is 6. The molecular formula is C75H101N21O6. The van der Waals surface area contributed by atoms with E-state index in [-0.39, 0.29) is 91.2 Å². The third-order valence-electron chi connectivity index (χ3n) is 20.4. The number of aryl methyl sites for hydroxylation is 4. The Kier molecular flexibility index (Phi) is 23.4. The van der Waals surface area contributed by atoms with Gasteiger partial charge in [0.1, 0.15) is 0 Å². The van der Waals surface area contributed by atoms with Crippen LogP contribution in [-0.2, 0) is 14.4 Å². The van der Waals surface area contributed by atoms with E-state index in [2.05, 4.69) is 99.3 Å². The van der Waals surface area contributed by atoms with Gasteiger partial charge in [0.2, 0.25) is 29.8 Å². The fourth-order valence-corrected chi connectivity index (χ4v) is 14.9. The molecule has 0 bridgehead atoms. The van der Waals surface area contributed by atoms with Crippen LogP contribution < -0.4 is 48.3 Å². The number of hydrogen-bond donors (Lipinski definition) is 9. The summed E-state index contributed by atoms with van der Waals surface area (Å²) >= 11 is 0. The minimum atomic E-state index is -0.665. The Morgan fingerprint density at radius 1 is 0.510 bits per heavy atom. The zero-order chi connectivity index (χ0) is 72.5. The van der Waals surface area contributed by atoms with E-state index in [1.165, 1.54) is 40.6 Å². The first-order chi connectivity index (χ1) is 48.8. The third kappa shape index (κ3) is 18.5. The predicted octanol–water partition coefficient (Wildman–Crippen LogP) is 8.81. The molecule has 7 aromatic rings. The van der Waals surface area contributed by atoms with Gasteiger partial charge in [-0.2, -0.15) is 14.0 Å². The lowest BCUT2D eigenvalue weighted by molar-refractivity contribution is -0.122. The molecule has 0 atom stereocenters. The summed E-state index contributed by atoms with van der Waals surface area (Å²) in [6, 6.07) is 22.8. The first-order valence-corrected chi connectivity index (χ1v) is 36.2. The number of hydrogen-bond acceptors (Lipinski definition) is 16. The van der Waals surface area contributed by atoms with Gasteiger partial charge in [-0.3, -0.25) is 34.1 Å². The molecule has 102 heavy (non-hydrogen) atoms. The highest BCUT2D eigenvalue weighted by Crippen LogP contribution is 2.37. The summed E-state index contributed by atoms with van der Waals surface area (Å²) in [6.45, 7) is 37.4. The largest absolute Gasteiger partial charge is 0.359 e. The average Bonchev–Trinajstić information content (AvgIpc) is 1.64. The van der Waals surface area contributed by atoms with Crippen molar-refractivity contribution < 1.29 is 28.8 Å². The molecule has 3 aliphatic carbocycles. The van der Waals surface area contributed by atoms with Gasteiger partial charge in [-0.05, 0) is 168 Å². The van der Waals surface area contributed by atoms with Gasteiger partial charge >= 0.3 is 18.1 Å². The van der Waals surface area contributed by atoms with Crippen molar-refractivity contribution in [1.82, 2.24) is 75.6 Å². The van der Waals surface area contributed by atoms with Crippen molar-refractivity contribution in [3.8, 4) is 0 Å². The normalized spacial score (nSPS) is 21.3. The lowest BCUT2D eigenvalue weighted by Gasteiger charge is -2.46. The second-order valence-electron chi connectivity index (χ2n) is 30.1. The summed E-state index contributed by atoms with van der Waals surface area (Å²) in [5, 5.41) is 40.0. The topological polar surface area (TPSA) is 309 Å². The fourth-order valence-electron chi connectivity index (χ4n) is 14.9. The first-order valence-electron chi connectivity index (χ1n) is 36.2. The second-order valence-corrected chi connectivity index (χ2v) is 30.1. The fraction of sp³-hybridized carbons (Fsp3) is 0.547. The standard InChI is InChI=1S/C29H39N7O2.C25H35N7O2.C21H27N7O2/c1-18(2)32-29(38)36-26-12-5-19(3)13-25(26)28(34-36)31-15-27(37)33-23-16-35(17-23)24-10-8-21(9-11-24)22-7-6-20(4)30-14-22;1-16-6-11-21-20(12-16)23(30-32(21)24(34)29-25(2,3)4)27-13-22(33)28-18-14-31(15-18)19-9-7-17(26-5)8-10-19;1-13-3-8-18-17(9-13)20(26-28(18)21(22)30)24-10-19(29)25-15-11-27(12-15)16-6-4-14(23-2)5-7-16/h5-7,12-14,18,21,23-24H,8-11,15-17H2,1-4H3,(H,31,34)(H,32,38)(H,33,37);6,11-12,17-19H,7-10,13-15H2,1-4H3,(H,27,30)(H,28,33)(H,29,34);3,8-9,14-16H,4-7,10-12H2,1H3,(H2,22,30)(H,24,26)(H,25,29). The van der Waals surface area contributed by atoms with E-state index in [9.17, 15) is 28.8 Å². The Morgan fingerprint density at radius 3 is 1.22 bits per heavy atom.